The highest BCUT2D eigenvalue weighted by atomic mass is 31.2. The Bertz CT molecular complexity index is 334. The zero-order chi connectivity index (χ0) is 22.4. The fourth-order valence-corrected chi connectivity index (χ4v) is 1.72. The van der Waals surface area contributed by atoms with E-state index in [2.05, 4.69) is 20.8 Å². The maximum atomic E-state index is 10.4. The maximum Gasteiger partial charge on any atom is 0.507 e. The molecule has 1 atom stereocenters. The van der Waals surface area contributed by atoms with Gasteiger partial charge in [0.1, 0.15) is 0 Å². The van der Waals surface area contributed by atoms with Gasteiger partial charge >= 0.3 is 15.8 Å². The van der Waals surface area contributed by atoms with Gasteiger partial charge in [-0.1, -0.05) is 72.1 Å². The highest BCUT2D eigenvalue weighted by molar-refractivity contribution is 7.46. The third kappa shape index (κ3) is 104. The van der Waals surface area contributed by atoms with Crippen LogP contribution in [0.3, 0.4) is 0 Å². The lowest BCUT2D eigenvalue weighted by Gasteiger charge is -2.09. The fraction of sp³-hybridized carbons (Fsp3) is 1.00. The van der Waals surface area contributed by atoms with Gasteiger partial charge in [-0.3, -0.25) is 19.6 Å². The summed E-state index contributed by atoms with van der Waals surface area (Å²) in [5, 5.41) is 0. The van der Waals surface area contributed by atoms with Crippen molar-refractivity contribution in [2.24, 2.45) is 11.5 Å². The quantitative estimate of drug-likeness (QED) is 0.214. The first-order chi connectivity index (χ1) is 12.2. The van der Waals surface area contributed by atoms with Crippen molar-refractivity contribution in [2.75, 3.05) is 6.54 Å². The van der Waals surface area contributed by atoms with Gasteiger partial charge in [0, 0.05) is 6.04 Å². The van der Waals surface area contributed by atoms with Crippen LogP contribution in [-0.4, -0.2) is 32.2 Å². The van der Waals surface area contributed by atoms with Gasteiger partial charge in [0.15, 0.2) is 0 Å². The predicted octanol–water partition coefficient (Wildman–Crippen LogP) is 4.32. The summed E-state index contributed by atoms with van der Waals surface area (Å²) in [5.41, 5.74) is 11.3. The van der Waals surface area contributed by atoms with Crippen LogP contribution in [0.1, 0.15) is 85.0 Å². The topological polar surface area (TPSA) is 167 Å². The van der Waals surface area contributed by atoms with Crippen molar-refractivity contribution in [3.8, 4) is 0 Å². The van der Waals surface area contributed by atoms with Crippen molar-refractivity contribution in [3.63, 3.8) is 0 Å². The van der Waals surface area contributed by atoms with Crippen LogP contribution < -0.4 is 11.5 Å². The molecule has 0 aliphatic heterocycles. The molecule has 0 aromatic heterocycles. The van der Waals surface area contributed by atoms with Crippen molar-refractivity contribution in [3.05, 3.63) is 0 Å². The van der Waals surface area contributed by atoms with Crippen LogP contribution in [0, 0.1) is 0 Å². The van der Waals surface area contributed by atoms with Gasteiger partial charge in [-0.15, -0.1) is 8.39 Å². The van der Waals surface area contributed by atoms with E-state index in [1.807, 2.05) is 0 Å². The zero-order valence-corrected chi connectivity index (χ0v) is 18.6. The van der Waals surface area contributed by atoms with Crippen LogP contribution in [-0.2, 0) is 9.13 Å². The molecule has 27 heavy (non-hydrogen) atoms. The Labute approximate surface area is 162 Å². The summed E-state index contributed by atoms with van der Waals surface area (Å²) in [5.74, 6) is 0. The first-order valence-electron chi connectivity index (χ1n) is 9.18. The van der Waals surface area contributed by atoms with E-state index >= 15 is 0 Å². The molecule has 0 aliphatic rings. The van der Waals surface area contributed by atoms with Crippen molar-refractivity contribution in [1.29, 1.82) is 0 Å². The van der Waals surface area contributed by atoms with Gasteiger partial charge in [-0.25, -0.2) is 9.13 Å². The largest absolute Gasteiger partial charge is 0.507 e. The lowest BCUT2D eigenvalue weighted by atomic mass is 10.0. The van der Waals surface area contributed by atoms with Gasteiger partial charge in [-0.2, -0.15) is 0 Å². The SMILES string of the molecule is CCC.CCCCCCCCCC(N)CCN.O=P(O)(O)F.O=P(O)(O)F. The van der Waals surface area contributed by atoms with E-state index in [0.29, 0.717) is 6.04 Å². The van der Waals surface area contributed by atoms with Crippen molar-refractivity contribution < 1.29 is 37.1 Å². The van der Waals surface area contributed by atoms with Gasteiger partial charge < -0.3 is 11.5 Å². The highest BCUT2D eigenvalue weighted by Crippen LogP contribution is 2.35. The second-order valence-corrected chi connectivity index (χ2v) is 7.79. The number of hydrogen-bond acceptors (Lipinski definition) is 4. The molecule has 8 nitrogen and oxygen atoms in total. The lowest BCUT2D eigenvalue weighted by Crippen LogP contribution is -2.23. The first-order valence-corrected chi connectivity index (χ1v) is 12.2. The number of hydrogen-bond donors (Lipinski definition) is 6. The van der Waals surface area contributed by atoms with E-state index in [-0.39, 0.29) is 0 Å². The van der Waals surface area contributed by atoms with Crippen LogP contribution in [0.25, 0.3) is 0 Å². The van der Waals surface area contributed by atoms with E-state index < -0.39 is 15.8 Å². The Balaban J connectivity index is -0.000000166. The standard InChI is InChI=1S/C12H28N2.C3H8.2FH2O3P/c1-2-3-4-5-6-7-8-9-12(14)10-11-13;1-3-2;2*1-5(2,3)4/h12H,2-11,13-14H2,1H3;3H2,1-2H3;2*(H2,2,3,4). The summed E-state index contributed by atoms with van der Waals surface area (Å²) >= 11 is 0. The second kappa shape index (κ2) is 24.1. The molecule has 0 amide bonds. The van der Waals surface area contributed by atoms with Gasteiger partial charge in [0.25, 0.3) is 0 Å². The van der Waals surface area contributed by atoms with E-state index in [9.17, 15) is 8.39 Å². The molecular weight excluding hydrogens is 404 g/mol. The minimum absolute atomic E-state index is 0.343. The molecule has 0 saturated carbocycles. The Morgan fingerprint density at radius 3 is 1.37 bits per heavy atom. The Morgan fingerprint density at radius 1 is 0.778 bits per heavy atom. The average Bonchev–Trinajstić information content (AvgIpc) is 2.44. The molecule has 0 bridgehead atoms. The molecule has 170 valence electrons. The third-order valence-electron chi connectivity index (χ3n) is 2.72. The molecule has 0 radical (unpaired) electrons. The zero-order valence-electron chi connectivity index (χ0n) is 16.8. The van der Waals surface area contributed by atoms with Crippen LogP contribution in [0.4, 0.5) is 8.39 Å². The normalized spacial score (nSPS) is 11.8. The van der Waals surface area contributed by atoms with Gasteiger partial charge in [0.05, 0.1) is 0 Å². The molecule has 1 unspecified atom stereocenters. The molecule has 8 N–H and O–H groups in total. The predicted molar refractivity (Wildman–Crippen MR) is 107 cm³/mol. The number of rotatable bonds is 10. The van der Waals surface area contributed by atoms with Crippen molar-refractivity contribution in [1.82, 2.24) is 0 Å². The summed E-state index contributed by atoms with van der Waals surface area (Å²) in [4.78, 5) is 27.9. The molecule has 0 fully saturated rings. The number of nitrogens with two attached hydrogens (primary N) is 2. The third-order valence-corrected chi connectivity index (χ3v) is 2.72. The van der Waals surface area contributed by atoms with Crippen LogP contribution in [0.5, 0.6) is 0 Å². The lowest BCUT2D eigenvalue weighted by molar-refractivity contribution is 0.320. The number of unbranched alkanes of at least 4 members (excludes halogenated alkanes) is 6. The van der Waals surface area contributed by atoms with Gasteiger partial charge in [0.2, 0.25) is 0 Å². The van der Waals surface area contributed by atoms with E-state index in [1.165, 1.54) is 51.4 Å². The molecule has 12 heteroatoms. The van der Waals surface area contributed by atoms with Crippen LogP contribution in [0.15, 0.2) is 0 Å². The fourth-order valence-electron chi connectivity index (χ4n) is 1.72. The van der Waals surface area contributed by atoms with Crippen molar-refractivity contribution in [2.45, 2.75) is 91.0 Å². The van der Waals surface area contributed by atoms with Crippen LogP contribution >= 0.6 is 15.8 Å². The Morgan fingerprint density at radius 2 is 1.07 bits per heavy atom. The molecule has 0 aromatic rings. The molecule has 0 aromatic carbocycles. The molecule has 0 rings (SSSR count). The average molecular weight is 444 g/mol. The van der Waals surface area contributed by atoms with E-state index in [1.54, 1.807) is 0 Å². The van der Waals surface area contributed by atoms with Gasteiger partial charge in [-0.05, 0) is 19.4 Å². The summed E-state index contributed by atoms with van der Waals surface area (Å²) in [6.07, 6.45) is 12.9. The Kier molecular flexibility index (Phi) is 30.9. The minimum Gasteiger partial charge on any atom is -0.330 e. The molecular formula is C15H40F2N2O6P2. The Hall–Kier alpha value is 0.0800. The van der Waals surface area contributed by atoms with Crippen LogP contribution in [0.2, 0.25) is 0 Å². The first kappa shape index (κ1) is 34.6. The minimum atomic E-state index is -5.14. The summed E-state index contributed by atoms with van der Waals surface area (Å²) in [6, 6.07) is 0.343. The summed E-state index contributed by atoms with van der Waals surface area (Å²) in [7, 11) is -10.3. The van der Waals surface area contributed by atoms with Crippen molar-refractivity contribution >= 4 is 15.8 Å². The molecule has 0 heterocycles. The van der Waals surface area contributed by atoms with E-state index in [0.717, 1.165) is 19.4 Å². The highest BCUT2D eigenvalue weighted by Gasteiger charge is 2.05. The number of halogens is 2. The summed E-state index contributed by atoms with van der Waals surface area (Å²) < 4.78 is 38.0. The monoisotopic (exact) mass is 444 g/mol. The molecule has 0 aliphatic carbocycles. The second-order valence-electron chi connectivity index (χ2n) is 5.90. The summed E-state index contributed by atoms with van der Waals surface area (Å²) in [6.45, 7) is 7.24. The smallest absolute Gasteiger partial charge is 0.330 e. The molecule has 0 saturated heterocycles. The molecule has 0 spiro atoms. The van der Waals surface area contributed by atoms with E-state index in [4.69, 9.17) is 40.2 Å². The maximum absolute atomic E-state index is 10.4.